The fourth-order valence-corrected chi connectivity index (χ4v) is 3.58. The number of carbonyl (C=O) groups is 1. The molecule has 4 rings (SSSR count). The van der Waals surface area contributed by atoms with Gasteiger partial charge >= 0.3 is 0 Å². The maximum atomic E-state index is 13.1. The minimum atomic E-state index is -0.0998. The summed E-state index contributed by atoms with van der Waals surface area (Å²) in [7, 11) is 0. The summed E-state index contributed by atoms with van der Waals surface area (Å²) >= 11 is 0. The van der Waals surface area contributed by atoms with Crippen molar-refractivity contribution in [2.45, 2.75) is 39.3 Å². The molecule has 5 nitrogen and oxygen atoms in total. The van der Waals surface area contributed by atoms with Crippen molar-refractivity contribution in [1.82, 2.24) is 10.3 Å². The Hall–Kier alpha value is -3.34. The van der Waals surface area contributed by atoms with E-state index in [9.17, 15) is 4.79 Å². The summed E-state index contributed by atoms with van der Waals surface area (Å²) in [5.41, 5.74) is 3.91. The van der Waals surface area contributed by atoms with Gasteiger partial charge < -0.3 is 14.8 Å². The van der Waals surface area contributed by atoms with Gasteiger partial charge in [-0.25, -0.2) is 0 Å². The lowest BCUT2D eigenvalue weighted by molar-refractivity contribution is 0.0931. The molecule has 0 radical (unpaired) electrons. The number of benzene rings is 2. The first-order chi connectivity index (χ1) is 15.1. The standard InChI is InChI=1S/C26H28N2O3/c1-3-30-24-15-22(12-13-23(24)31-17-19-5-4-14-27-16-19)26(29)28-25(21-10-11-21)20-8-6-18(2)7-9-20/h4-9,12-16,21,25H,3,10-11,17H2,1-2H3,(H,28,29). The van der Waals surface area contributed by atoms with Crippen LogP contribution in [0.5, 0.6) is 11.5 Å². The molecule has 1 atom stereocenters. The highest BCUT2D eigenvalue weighted by Gasteiger charge is 2.33. The normalized spacial score (nSPS) is 14.0. The van der Waals surface area contributed by atoms with Crippen LogP contribution >= 0.6 is 0 Å². The van der Waals surface area contributed by atoms with E-state index >= 15 is 0 Å². The maximum absolute atomic E-state index is 13.1. The Balaban J connectivity index is 1.49. The molecule has 31 heavy (non-hydrogen) atoms. The summed E-state index contributed by atoms with van der Waals surface area (Å²) in [6, 6.07) is 17.6. The summed E-state index contributed by atoms with van der Waals surface area (Å²) in [6.45, 7) is 4.86. The number of carbonyl (C=O) groups excluding carboxylic acids is 1. The SMILES string of the molecule is CCOc1cc(C(=O)NC(c2ccc(C)cc2)C2CC2)ccc1OCc1cccnc1. The zero-order valence-electron chi connectivity index (χ0n) is 18.0. The van der Waals surface area contributed by atoms with Gasteiger partial charge in [-0.2, -0.15) is 0 Å². The first-order valence-corrected chi connectivity index (χ1v) is 10.8. The molecule has 1 saturated carbocycles. The zero-order chi connectivity index (χ0) is 21.6. The first-order valence-electron chi connectivity index (χ1n) is 10.8. The Morgan fingerprint density at radius 2 is 1.90 bits per heavy atom. The number of aromatic nitrogens is 1. The number of ether oxygens (including phenoxy) is 2. The predicted molar refractivity (Wildman–Crippen MR) is 120 cm³/mol. The maximum Gasteiger partial charge on any atom is 0.251 e. The Labute approximate surface area is 183 Å². The lowest BCUT2D eigenvalue weighted by Gasteiger charge is -2.20. The number of hydrogen-bond acceptors (Lipinski definition) is 4. The van der Waals surface area contributed by atoms with Crippen LogP contribution in [-0.2, 0) is 6.61 Å². The molecule has 2 aromatic carbocycles. The molecule has 0 aliphatic heterocycles. The Bertz CT molecular complexity index is 1010. The Morgan fingerprint density at radius 3 is 2.58 bits per heavy atom. The fraction of sp³-hybridized carbons (Fsp3) is 0.308. The molecule has 5 heteroatoms. The largest absolute Gasteiger partial charge is 0.490 e. The van der Waals surface area contributed by atoms with E-state index in [0.717, 1.165) is 24.0 Å². The van der Waals surface area contributed by atoms with Crippen molar-refractivity contribution in [3.8, 4) is 11.5 Å². The van der Waals surface area contributed by atoms with Crippen molar-refractivity contribution in [3.05, 3.63) is 89.2 Å². The van der Waals surface area contributed by atoms with Crippen molar-refractivity contribution in [3.63, 3.8) is 0 Å². The van der Waals surface area contributed by atoms with Gasteiger partial charge in [0.25, 0.3) is 5.91 Å². The van der Waals surface area contributed by atoms with Crippen LogP contribution in [0.3, 0.4) is 0 Å². The number of nitrogens with zero attached hydrogens (tertiary/aromatic N) is 1. The summed E-state index contributed by atoms with van der Waals surface area (Å²) in [5, 5.41) is 3.23. The van der Waals surface area contributed by atoms with Crippen LogP contribution in [0, 0.1) is 12.8 Å². The third-order valence-corrected chi connectivity index (χ3v) is 5.44. The summed E-state index contributed by atoms with van der Waals surface area (Å²) in [5.74, 6) is 1.58. The molecule has 1 amide bonds. The minimum Gasteiger partial charge on any atom is -0.490 e. The van der Waals surface area contributed by atoms with Crippen LogP contribution in [-0.4, -0.2) is 17.5 Å². The molecule has 160 valence electrons. The molecule has 1 N–H and O–H groups in total. The van der Waals surface area contributed by atoms with Gasteiger partial charge in [0.15, 0.2) is 11.5 Å². The molecule has 1 aliphatic rings. The topological polar surface area (TPSA) is 60.5 Å². The summed E-state index contributed by atoms with van der Waals surface area (Å²) < 4.78 is 11.7. The zero-order valence-corrected chi connectivity index (χ0v) is 18.0. The predicted octanol–water partition coefficient (Wildman–Crippen LogP) is 5.25. The Morgan fingerprint density at radius 1 is 1.10 bits per heavy atom. The van der Waals surface area contributed by atoms with E-state index in [1.165, 1.54) is 5.56 Å². The average molecular weight is 417 g/mol. The molecule has 0 bridgehead atoms. The first kappa shape index (κ1) is 20.9. The highest BCUT2D eigenvalue weighted by molar-refractivity contribution is 5.95. The van der Waals surface area contributed by atoms with E-state index in [4.69, 9.17) is 9.47 Å². The lowest BCUT2D eigenvalue weighted by Crippen LogP contribution is -2.29. The van der Waals surface area contributed by atoms with Crippen LogP contribution in [0.15, 0.2) is 67.0 Å². The number of amides is 1. The molecule has 1 unspecified atom stereocenters. The van der Waals surface area contributed by atoms with Crippen LogP contribution in [0.1, 0.15) is 52.9 Å². The van der Waals surface area contributed by atoms with Gasteiger partial charge in [0, 0.05) is 23.5 Å². The molecular weight excluding hydrogens is 388 g/mol. The molecule has 1 heterocycles. The van der Waals surface area contributed by atoms with Crippen molar-refractivity contribution in [1.29, 1.82) is 0 Å². The number of rotatable bonds is 9. The molecule has 1 fully saturated rings. The second-order valence-electron chi connectivity index (χ2n) is 7.94. The van der Waals surface area contributed by atoms with E-state index in [0.29, 0.717) is 36.2 Å². The van der Waals surface area contributed by atoms with E-state index in [2.05, 4.69) is 41.5 Å². The lowest BCUT2D eigenvalue weighted by atomic mass is 10.0. The van der Waals surface area contributed by atoms with Crippen molar-refractivity contribution in [2.75, 3.05) is 6.61 Å². The number of pyridine rings is 1. The summed E-state index contributed by atoms with van der Waals surface area (Å²) in [4.78, 5) is 17.2. The Kier molecular flexibility index (Phi) is 6.51. The average Bonchev–Trinajstić information content (AvgIpc) is 3.63. The van der Waals surface area contributed by atoms with Crippen LogP contribution in [0.4, 0.5) is 0 Å². The van der Waals surface area contributed by atoms with E-state index in [1.54, 1.807) is 30.6 Å². The van der Waals surface area contributed by atoms with Gasteiger partial charge in [-0.05, 0) is 62.4 Å². The number of aryl methyl sites for hydroxylation is 1. The third kappa shape index (κ3) is 5.43. The molecular formula is C26H28N2O3. The smallest absolute Gasteiger partial charge is 0.251 e. The van der Waals surface area contributed by atoms with Gasteiger partial charge in [-0.1, -0.05) is 35.9 Å². The highest BCUT2D eigenvalue weighted by Crippen LogP contribution is 2.41. The molecule has 0 saturated heterocycles. The van der Waals surface area contributed by atoms with Gasteiger partial charge in [-0.3, -0.25) is 9.78 Å². The third-order valence-electron chi connectivity index (χ3n) is 5.44. The number of hydrogen-bond donors (Lipinski definition) is 1. The molecule has 0 spiro atoms. The van der Waals surface area contributed by atoms with Crippen molar-refractivity contribution >= 4 is 5.91 Å². The highest BCUT2D eigenvalue weighted by atomic mass is 16.5. The molecule has 3 aromatic rings. The van der Waals surface area contributed by atoms with Gasteiger partial charge in [0.2, 0.25) is 0 Å². The van der Waals surface area contributed by atoms with Gasteiger partial charge in [-0.15, -0.1) is 0 Å². The van der Waals surface area contributed by atoms with Crippen molar-refractivity contribution < 1.29 is 14.3 Å². The van der Waals surface area contributed by atoms with Gasteiger partial charge in [0.1, 0.15) is 6.61 Å². The van der Waals surface area contributed by atoms with Crippen molar-refractivity contribution in [2.24, 2.45) is 5.92 Å². The second-order valence-corrected chi connectivity index (χ2v) is 7.94. The van der Waals surface area contributed by atoms with Crippen LogP contribution in [0.2, 0.25) is 0 Å². The fourth-order valence-electron chi connectivity index (χ4n) is 3.58. The minimum absolute atomic E-state index is 0.0325. The van der Waals surface area contributed by atoms with Gasteiger partial charge in [0.05, 0.1) is 12.6 Å². The number of nitrogens with one attached hydrogen (secondary N) is 1. The quantitative estimate of drug-likeness (QED) is 0.518. The van der Waals surface area contributed by atoms with E-state index < -0.39 is 0 Å². The van der Waals surface area contributed by atoms with E-state index in [-0.39, 0.29) is 11.9 Å². The monoisotopic (exact) mass is 416 g/mol. The summed E-state index contributed by atoms with van der Waals surface area (Å²) in [6.07, 6.45) is 5.79. The van der Waals surface area contributed by atoms with Crippen LogP contribution in [0.25, 0.3) is 0 Å². The second kappa shape index (κ2) is 9.65. The molecule has 1 aliphatic carbocycles. The van der Waals surface area contributed by atoms with Crippen LogP contribution < -0.4 is 14.8 Å². The van der Waals surface area contributed by atoms with E-state index in [1.807, 2.05) is 19.1 Å². The molecule has 1 aromatic heterocycles.